The molecule has 0 aliphatic carbocycles. The highest BCUT2D eigenvalue weighted by Crippen LogP contribution is 2.31. The molecule has 0 atom stereocenters. The van der Waals surface area contributed by atoms with Gasteiger partial charge in [0.25, 0.3) is 0 Å². The Bertz CT molecular complexity index is 687. The maximum absolute atomic E-state index is 6.31. The first-order valence-electron chi connectivity index (χ1n) is 7.27. The van der Waals surface area contributed by atoms with E-state index < -0.39 is 0 Å². The summed E-state index contributed by atoms with van der Waals surface area (Å²) in [5.74, 6) is 0.704. The molecule has 2 rings (SSSR count). The van der Waals surface area contributed by atoms with E-state index in [1.807, 2.05) is 68.5 Å². The van der Waals surface area contributed by atoms with Crippen LogP contribution in [0.15, 0.2) is 60.7 Å². The van der Waals surface area contributed by atoms with Crippen LogP contribution in [0.2, 0.25) is 5.02 Å². The van der Waals surface area contributed by atoms with Crippen LogP contribution in [0.3, 0.4) is 0 Å². The highest BCUT2D eigenvalue weighted by Gasteiger charge is 2.08. The molecular weight excluding hydrogens is 294 g/mol. The van der Waals surface area contributed by atoms with Gasteiger partial charge in [-0.2, -0.15) is 0 Å². The van der Waals surface area contributed by atoms with Gasteiger partial charge in [-0.25, -0.2) is 0 Å². The molecule has 0 fully saturated rings. The number of allylic oxidation sites excluding steroid dienone is 3. The van der Waals surface area contributed by atoms with Crippen molar-refractivity contribution < 1.29 is 4.74 Å². The Hall–Kier alpha value is -2.19. The van der Waals surface area contributed by atoms with Crippen molar-refractivity contribution in [2.24, 2.45) is 0 Å². The van der Waals surface area contributed by atoms with Gasteiger partial charge < -0.3 is 10.5 Å². The maximum Gasteiger partial charge on any atom is 0.137 e. The van der Waals surface area contributed by atoms with Crippen molar-refractivity contribution in [3.05, 3.63) is 76.8 Å². The van der Waals surface area contributed by atoms with Crippen LogP contribution >= 0.6 is 11.6 Å². The minimum absolute atomic E-state index is 0.596. The molecule has 114 valence electrons. The first-order valence-corrected chi connectivity index (χ1v) is 7.65. The number of anilines is 1. The second-order valence-corrected chi connectivity index (χ2v) is 5.21. The molecule has 0 spiro atoms. The van der Waals surface area contributed by atoms with Crippen molar-refractivity contribution in [3.63, 3.8) is 0 Å². The lowest BCUT2D eigenvalue weighted by molar-refractivity contribution is 0.340. The molecular formula is C19H20ClNO. The van der Waals surface area contributed by atoms with Crippen LogP contribution in [0.5, 0.6) is 5.75 Å². The van der Waals surface area contributed by atoms with Crippen molar-refractivity contribution in [1.29, 1.82) is 0 Å². The van der Waals surface area contributed by atoms with Crippen molar-refractivity contribution >= 4 is 22.9 Å². The number of hydrogen-bond acceptors (Lipinski definition) is 2. The molecule has 0 bridgehead atoms. The molecule has 0 heterocycles. The topological polar surface area (TPSA) is 35.2 Å². The molecule has 2 nitrogen and oxygen atoms in total. The number of hydrogen-bond donors (Lipinski definition) is 1. The van der Waals surface area contributed by atoms with Crippen molar-refractivity contribution in [1.82, 2.24) is 0 Å². The van der Waals surface area contributed by atoms with Gasteiger partial charge in [-0.05, 0) is 54.8 Å². The minimum Gasteiger partial charge on any atom is -0.492 e. The summed E-state index contributed by atoms with van der Waals surface area (Å²) in [5.41, 5.74) is 9.74. The second-order valence-electron chi connectivity index (χ2n) is 4.81. The van der Waals surface area contributed by atoms with Gasteiger partial charge in [0.05, 0.1) is 11.6 Å². The fourth-order valence-corrected chi connectivity index (χ4v) is 2.39. The monoisotopic (exact) mass is 313 g/mol. The smallest absolute Gasteiger partial charge is 0.137 e. The van der Waals surface area contributed by atoms with E-state index in [0.29, 0.717) is 17.4 Å². The van der Waals surface area contributed by atoms with Gasteiger partial charge in [-0.15, -0.1) is 0 Å². The standard InChI is InChI=1S/C19H20ClNO/c1-3-5-6-17(14-7-10-16(21)11-8-14)15-9-12-19(22-4-2)18(20)13-15/h3,5-13H,4,21H2,1-2H3/b5-3+,17-6+. The zero-order chi connectivity index (χ0) is 15.9. The van der Waals surface area contributed by atoms with Gasteiger partial charge in [-0.3, -0.25) is 0 Å². The van der Waals surface area contributed by atoms with Crippen LogP contribution in [0, 0.1) is 0 Å². The first kappa shape index (κ1) is 16.2. The van der Waals surface area contributed by atoms with Crippen LogP contribution in [0.25, 0.3) is 5.57 Å². The Morgan fingerprint density at radius 1 is 1.14 bits per heavy atom. The van der Waals surface area contributed by atoms with E-state index in [0.717, 1.165) is 22.4 Å². The number of nitrogen functional groups attached to an aromatic ring is 1. The number of halogens is 1. The molecule has 3 heteroatoms. The fraction of sp³-hybridized carbons (Fsp3) is 0.158. The third-order valence-corrected chi connectivity index (χ3v) is 3.52. The lowest BCUT2D eigenvalue weighted by atomic mass is 9.97. The number of nitrogens with two attached hydrogens (primary N) is 1. The van der Waals surface area contributed by atoms with E-state index >= 15 is 0 Å². The van der Waals surface area contributed by atoms with E-state index in [-0.39, 0.29) is 0 Å². The second kappa shape index (κ2) is 7.71. The fourth-order valence-electron chi connectivity index (χ4n) is 2.16. The predicted octanol–water partition coefficient (Wildman–Crippen LogP) is 5.33. The van der Waals surface area contributed by atoms with Crippen molar-refractivity contribution in [2.75, 3.05) is 12.3 Å². The molecule has 0 aromatic heterocycles. The Morgan fingerprint density at radius 2 is 1.82 bits per heavy atom. The summed E-state index contributed by atoms with van der Waals surface area (Å²) in [6.07, 6.45) is 6.07. The molecule has 2 N–H and O–H groups in total. The van der Waals surface area contributed by atoms with Crippen LogP contribution in [0.4, 0.5) is 5.69 Å². The molecule has 0 amide bonds. The van der Waals surface area contributed by atoms with Crippen LogP contribution in [-0.2, 0) is 0 Å². The van der Waals surface area contributed by atoms with E-state index in [4.69, 9.17) is 22.1 Å². The summed E-state index contributed by atoms with van der Waals surface area (Å²) in [5, 5.41) is 0.612. The largest absolute Gasteiger partial charge is 0.492 e. The highest BCUT2D eigenvalue weighted by atomic mass is 35.5. The minimum atomic E-state index is 0.596. The van der Waals surface area contributed by atoms with Crippen LogP contribution in [0.1, 0.15) is 25.0 Å². The normalized spacial score (nSPS) is 11.9. The Labute approximate surface area is 136 Å². The molecule has 0 saturated carbocycles. The van der Waals surface area contributed by atoms with E-state index in [9.17, 15) is 0 Å². The van der Waals surface area contributed by atoms with Gasteiger partial charge in [0.2, 0.25) is 0 Å². The zero-order valence-corrected chi connectivity index (χ0v) is 13.6. The summed E-state index contributed by atoms with van der Waals surface area (Å²) >= 11 is 6.31. The number of ether oxygens (including phenoxy) is 1. The molecule has 0 aliphatic heterocycles. The summed E-state index contributed by atoms with van der Waals surface area (Å²) in [6, 6.07) is 13.7. The van der Waals surface area contributed by atoms with Crippen molar-refractivity contribution in [2.45, 2.75) is 13.8 Å². The van der Waals surface area contributed by atoms with E-state index in [1.165, 1.54) is 0 Å². The first-order chi connectivity index (χ1) is 10.7. The maximum atomic E-state index is 6.31. The number of rotatable bonds is 5. The quantitative estimate of drug-likeness (QED) is 0.598. The number of benzene rings is 2. The lowest BCUT2D eigenvalue weighted by Gasteiger charge is -2.11. The third kappa shape index (κ3) is 3.92. The summed E-state index contributed by atoms with van der Waals surface area (Å²) in [7, 11) is 0. The highest BCUT2D eigenvalue weighted by molar-refractivity contribution is 6.32. The molecule has 0 radical (unpaired) electrons. The van der Waals surface area contributed by atoms with Gasteiger partial charge in [0.15, 0.2) is 0 Å². The predicted molar refractivity (Wildman–Crippen MR) is 95.4 cm³/mol. The molecule has 2 aromatic rings. The third-order valence-electron chi connectivity index (χ3n) is 3.22. The zero-order valence-electron chi connectivity index (χ0n) is 12.8. The van der Waals surface area contributed by atoms with E-state index in [1.54, 1.807) is 0 Å². The van der Waals surface area contributed by atoms with Gasteiger partial charge >= 0.3 is 0 Å². The summed E-state index contributed by atoms with van der Waals surface area (Å²) < 4.78 is 5.49. The Kier molecular flexibility index (Phi) is 5.68. The van der Waals surface area contributed by atoms with Crippen LogP contribution < -0.4 is 10.5 Å². The molecule has 0 saturated heterocycles. The Morgan fingerprint density at radius 3 is 2.41 bits per heavy atom. The Balaban J connectivity index is 2.46. The van der Waals surface area contributed by atoms with Gasteiger partial charge in [0.1, 0.15) is 5.75 Å². The van der Waals surface area contributed by atoms with Crippen LogP contribution in [-0.4, -0.2) is 6.61 Å². The average molecular weight is 314 g/mol. The lowest BCUT2D eigenvalue weighted by Crippen LogP contribution is -1.94. The summed E-state index contributed by atoms with van der Waals surface area (Å²) in [4.78, 5) is 0. The van der Waals surface area contributed by atoms with Gasteiger partial charge in [-0.1, -0.05) is 48.0 Å². The molecule has 2 aromatic carbocycles. The van der Waals surface area contributed by atoms with Gasteiger partial charge in [0, 0.05) is 5.69 Å². The summed E-state index contributed by atoms with van der Waals surface area (Å²) in [6.45, 7) is 4.52. The van der Waals surface area contributed by atoms with E-state index in [2.05, 4.69) is 6.08 Å². The van der Waals surface area contributed by atoms with Crippen molar-refractivity contribution in [3.8, 4) is 5.75 Å². The molecule has 22 heavy (non-hydrogen) atoms. The molecule has 0 aliphatic rings. The average Bonchev–Trinajstić information content (AvgIpc) is 2.52. The SMILES string of the molecule is C/C=C/C=C(\c1ccc(N)cc1)c1ccc(OCC)c(Cl)c1. The molecule has 0 unspecified atom stereocenters.